The first-order valence-electron chi connectivity index (χ1n) is 8.18. The van der Waals surface area contributed by atoms with Crippen LogP contribution in [0.25, 0.3) is 0 Å². The highest BCUT2D eigenvalue weighted by atomic mass is 32.1. The topological polar surface area (TPSA) is 70.8 Å². The average Bonchev–Trinajstić information content (AvgIpc) is 3.36. The summed E-state index contributed by atoms with van der Waals surface area (Å²) in [5.41, 5.74) is 1.06. The molecule has 0 aliphatic heterocycles. The molecule has 3 heterocycles. The van der Waals surface area contributed by atoms with Crippen molar-refractivity contribution >= 4 is 34.6 Å². The van der Waals surface area contributed by atoms with Crippen molar-refractivity contribution in [3.8, 4) is 0 Å². The minimum atomic E-state index is -0.897. The minimum absolute atomic E-state index is 0.0563. The predicted octanol–water partition coefficient (Wildman–Crippen LogP) is 4.58. The van der Waals surface area contributed by atoms with Gasteiger partial charge in [-0.15, -0.1) is 11.3 Å². The molecule has 136 valence electrons. The molecule has 0 radical (unpaired) electrons. The van der Waals surface area contributed by atoms with Crippen molar-refractivity contribution in [3.05, 3.63) is 68.9 Å². The van der Waals surface area contributed by atoms with Crippen LogP contribution in [0.2, 0.25) is 0 Å². The summed E-state index contributed by atoms with van der Waals surface area (Å²) in [7, 11) is 0. The van der Waals surface area contributed by atoms with Crippen LogP contribution in [0.15, 0.2) is 57.2 Å². The van der Waals surface area contributed by atoms with Crippen molar-refractivity contribution < 1.29 is 19.1 Å². The van der Waals surface area contributed by atoms with Gasteiger partial charge in [-0.05, 0) is 46.0 Å². The monoisotopic (exact) mass is 389 g/mol. The number of amides is 1. The molecule has 5 nitrogen and oxygen atoms in total. The third-order valence-corrected chi connectivity index (χ3v) is 5.79. The van der Waals surface area contributed by atoms with E-state index in [1.54, 1.807) is 28.6 Å². The van der Waals surface area contributed by atoms with Crippen LogP contribution in [0.1, 0.15) is 35.0 Å². The van der Waals surface area contributed by atoms with Crippen molar-refractivity contribution in [2.24, 2.45) is 0 Å². The lowest BCUT2D eigenvalue weighted by molar-refractivity contribution is -0.138. The Morgan fingerprint density at radius 1 is 1.12 bits per heavy atom. The predicted molar refractivity (Wildman–Crippen MR) is 101 cm³/mol. The van der Waals surface area contributed by atoms with Crippen LogP contribution in [0.3, 0.4) is 0 Å². The number of carboxylic acid groups (broad SMARTS) is 1. The van der Waals surface area contributed by atoms with Crippen LogP contribution in [-0.4, -0.2) is 21.9 Å². The molecule has 0 spiro atoms. The fraction of sp³-hybridized carbons (Fsp3) is 0.263. The molecule has 0 saturated carbocycles. The van der Waals surface area contributed by atoms with E-state index in [-0.39, 0.29) is 24.7 Å². The number of aliphatic carboxylic acids is 1. The summed E-state index contributed by atoms with van der Waals surface area (Å²) in [6, 6.07) is 9.39. The number of hydrogen-bond acceptors (Lipinski definition) is 5. The highest BCUT2D eigenvalue weighted by Crippen LogP contribution is 2.29. The van der Waals surface area contributed by atoms with Crippen LogP contribution in [0.4, 0.5) is 0 Å². The number of furan rings is 1. The van der Waals surface area contributed by atoms with Gasteiger partial charge in [-0.2, -0.15) is 11.3 Å². The fourth-order valence-electron chi connectivity index (χ4n) is 2.77. The van der Waals surface area contributed by atoms with Gasteiger partial charge in [-0.3, -0.25) is 9.59 Å². The van der Waals surface area contributed by atoms with E-state index < -0.39 is 5.97 Å². The van der Waals surface area contributed by atoms with Gasteiger partial charge in [0.15, 0.2) is 0 Å². The molecule has 1 N–H and O–H groups in total. The van der Waals surface area contributed by atoms with E-state index in [0.29, 0.717) is 18.8 Å². The Labute approximate surface area is 159 Å². The third-order valence-electron chi connectivity index (χ3n) is 4.02. The molecule has 0 fully saturated rings. The second-order valence-corrected chi connectivity index (χ2v) is 7.73. The molecule has 0 aromatic carbocycles. The Balaban J connectivity index is 1.75. The molecule has 0 aliphatic rings. The quantitative estimate of drug-likeness (QED) is 0.581. The number of thiophene rings is 2. The number of carbonyl (C=O) groups excluding carboxylic acids is 1. The van der Waals surface area contributed by atoms with Crippen LogP contribution in [-0.2, 0) is 22.7 Å². The maximum atomic E-state index is 13.0. The maximum absolute atomic E-state index is 13.0. The van der Waals surface area contributed by atoms with E-state index >= 15 is 0 Å². The van der Waals surface area contributed by atoms with Crippen LogP contribution >= 0.6 is 22.7 Å². The van der Waals surface area contributed by atoms with E-state index in [2.05, 4.69) is 0 Å². The molecule has 0 aliphatic carbocycles. The van der Waals surface area contributed by atoms with Crippen LogP contribution in [0, 0.1) is 0 Å². The highest BCUT2D eigenvalue weighted by Gasteiger charge is 2.24. The molecule has 0 bridgehead atoms. The van der Waals surface area contributed by atoms with E-state index in [1.807, 2.05) is 40.4 Å². The lowest BCUT2D eigenvalue weighted by atomic mass is 9.98. The van der Waals surface area contributed by atoms with Gasteiger partial charge < -0.3 is 14.4 Å². The zero-order valence-electron chi connectivity index (χ0n) is 14.0. The number of carboxylic acids is 1. The Kier molecular flexibility index (Phi) is 6.25. The zero-order chi connectivity index (χ0) is 18.4. The Bertz CT molecular complexity index is 774. The summed E-state index contributed by atoms with van der Waals surface area (Å²) in [5, 5.41) is 15.1. The van der Waals surface area contributed by atoms with Gasteiger partial charge in [0, 0.05) is 23.8 Å². The summed E-state index contributed by atoms with van der Waals surface area (Å²) >= 11 is 3.07. The zero-order valence-corrected chi connectivity index (χ0v) is 15.7. The van der Waals surface area contributed by atoms with Gasteiger partial charge in [-0.1, -0.05) is 6.07 Å². The largest absolute Gasteiger partial charge is 0.481 e. The first kappa shape index (κ1) is 18.4. The molecule has 7 heteroatoms. The van der Waals surface area contributed by atoms with Crippen molar-refractivity contribution in [3.63, 3.8) is 0 Å². The summed E-state index contributed by atoms with van der Waals surface area (Å²) < 4.78 is 5.39. The second kappa shape index (κ2) is 8.82. The second-order valence-electron chi connectivity index (χ2n) is 5.98. The van der Waals surface area contributed by atoms with E-state index in [0.717, 1.165) is 10.4 Å². The van der Waals surface area contributed by atoms with Gasteiger partial charge in [0.05, 0.1) is 19.2 Å². The molecule has 3 rings (SSSR count). The first-order valence-corrected chi connectivity index (χ1v) is 10.0. The van der Waals surface area contributed by atoms with E-state index in [1.165, 1.54) is 11.3 Å². The molecule has 0 saturated heterocycles. The standard InChI is InChI=1S/C19H19NO4S2/c21-18(9-15(10-19(22)23)17-4-2-7-26-17)20(11-14-5-8-25-13-14)12-16-3-1-6-24-16/h1-8,13,15H,9-12H2,(H,22,23)/t15-/m1/s1. The molecule has 26 heavy (non-hydrogen) atoms. The van der Waals surface area contributed by atoms with Crippen LogP contribution < -0.4 is 0 Å². The van der Waals surface area contributed by atoms with Crippen molar-refractivity contribution in [1.29, 1.82) is 0 Å². The number of carbonyl (C=O) groups is 2. The molecule has 0 unspecified atom stereocenters. The minimum Gasteiger partial charge on any atom is -0.481 e. The van der Waals surface area contributed by atoms with Gasteiger partial charge >= 0.3 is 5.97 Å². The van der Waals surface area contributed by atoms with Crippen molar-refractivity contribution in [2.75, 3.05) is 0 Å². The average molecular weight is 389 g/mol. The smallest absolute Gasteiger partial charge is 0.304 e. The summed E-state index contributed by atoms with van der Waals surface area (Å²) in [6.45, 7) is 0.846. The Hall–Kier alpha value is -2.38. The lowest BCUT2D eigenvalue weighted by Gasteiger charge is -2.23. The van der Waals surface area contributed by atoms with Gasteiger partial charge in [0.25, 0.3) is 0 Å². The van der Waals surface area contributed by atoms with E-state index in [4.69, 9.17) is 4.42 Å². The lowest BCUT2D eigenvalue weighted by Crippen LogP contribution is -2.31. The molecule has 1 atom stereocenters. The van der Waals surface area contributed by atoms with E-state index in [9.17, 15) is 14.7 Å². The molecular weight excluding hydrogens is 370 g/mol. The van der Waals surface area contributed by atoms with Crippen LogP contribution in [0.5, 0.6) is 0 Å². The fourth-order valence-corrected chi connectivity index (χ4v) is 4.26. The maximum Gasteiger partial charge on any atom is 0.304 e. The van der Waals surface area contributed by atoms with Crippen molar-refractivity contribution in [1.82, 2.24) is 4.90 Å². The summed E-state index contributed by atoms with van der Waals surface area (Å²) in [6.07, 6.45) is 1.69. The van der Waals surface area contributed by atoms with Gasteiger partial charge in [-0.25, -0.2) is 0 Å². The number of hydrogen-bond donors (Lipinski definition) is 1. The Morgan fingerprint density at radius 3 is 2.62 bits per heavy atom. The summed E-state index contributed by atoms with van der Waals surface area (Å²) in [5.74, 6) is -0.583. The molecule has 1 amide bonds. The molecule has 3 aromatic rings. The number of nitrogens with zero attached hydrogens (tertiary/aromatic N) is 1. The highest BCUT2D eigenvalue weighted by molar-refractivity contribution is 7.10. The summed E-state index contributed by atoms with van der Waals surface area (Å²) in [4.78, 5) is 26.9. The molecular formula is C19H19NO4S2. The first-order chi connectivity index (χ1) is 12.6. The van der Waals surface area contributed by atoms with Crippen molar-refractivity contribution in [2.45, 2.75) is 31.8 Å². The number of rotatable bonds is 9. The van der Waals surface area contributed by atoms with Gasteiger partial charge in [0.1, 0.15) is 5.76 Å². The SMILES string of the molecule is O=C(O)C[C@@H](CC(=O)N(Cc1ccsc1)Cc1ccco1)c1cccs1. The third kappa shape index (κ3) is 5.06. The normalized spacial score (nSPS) is 12.0. The molecule has 3 aromatic heterocycles. The van der Waals surface area contributed by atoms with Gasteiger partial charge in [0.2, 0.25) is 5.91 Å². The Morgan fingerprint density at radius 2 is 2.00 bits per heavy atom.